The first-order chi connectivity index (χ1) is 14.5. The maximum absolute atomic E-state index is 13.1. The number of nitrogens with one attached hydrogen (secondary N) is 1. The van der Waals surface area contributed by atoms with Crippen LogP contribution in [0.4, 0.5) is 10.5 Å². The monoisotopic (exact) mass is 405 g/mol. The average Bonchev–Trinajstić information content (AvgIpc) is 3.14. The average molecular weight is 406 g/mol. The van der Waals surface area contributed by atoms with Crippen molar-refractivity contribution < 1.29 is 9.53 Å². The molecule has 0 saturated heterocycles. The Balaban J connectivity index is 1.75. The molecule has 0 bridgehead atoms. The van der Waals surface area contributed by atoms with Gasteiger partial charge in [-0.05, 0) is 57.5 Å². The minimum Gasteiger partial charge on any atom is -0.492 e. The van der Waals surface area contributed by atoms with Crippen LogP contribution in [0.3, 0.4) is 0 Å². The van der Waals surface area contributed by atoms with Gasteiger partial charge >= 0.3 is 6.03 Å². The van der Waals surface area contributed by atoms with Crippen LogP contribution in [0.25, 0.3) is 0 Å². The summed E-state index contributed by atoms with van der Waals surface area (Å²) in [4.78, 5) is 14.9. The number of benzene rings is 2. The van der Waals surface area contributed by atoms with E-state index in [0.29, 0.717) is 24.6 Å². The molecule has 0 fully saturated rings. The van der Waals surface area contributed by atoms with Gasteiger partial charge in [-0.3, -0.25) is 0 Å². The van der Waals surface area contributed by atoms with Gasteiger partial charge in [0.15, 0.2) is 0 Å². The second-order valence-corrected chi connectivity index (χ2v) is 7.70. The Morgan fingerprint density at radius 1 is 1.10 bits per heavy atom. The third-order valence-corrected chi connectivity index (χ3v) is 5.00. The molecule has 2 amide bonds. The minimum absolute atomic E-state index is 0.0478. The maximum Gasteiger partial charge on any atom is 0.322 e. The molecule has 3 rings (SSSR count). The summed E-state index contributed by atoms with van der Waals surface area (Å²) in [5.41, 5.74) is 4.28. The predicted molar refractivity (Wildman–Crippen MR) is 122 cm³/mol. The van der Waals surface area contributed by atoms with Gasteiger partial charge in [-0.1, -0.05) is 42.0 Å². The molecular formula is C25H31N3O2. The normalized spacial score (nSPS) is 10.8. The number of nitrogens with zero attached hydrogens (tertiary/aromatic N) is 2. The summed E-state index contributed by atoms with van der Waals surface area (Å²) < 4.78 is 7.84. The molecule has 0 spiro atoms. The van der Waals surface area contributed by atoms with Gasteiger partial charge in [-0.15, -0.1) is 0 Å². The number of rotatable bonds is 8. The molecule has 2 aromatic carbocycles. The fourth-order valence-electron chi connectivity index (χ4n) is 3.46. The fraction of sp³-hybridized carbons (Fsp3) is 0.320. The summed E-state index contributed by atoms with van der Waals surface area (Å²) in [6.07, 6.45) is 2.07. The van der Waals surface area contributed by atoms with E-state index in [2.05, 4.69) is 53.3 Å². The molecule has 0 aliphatic heterocycles. The largest absolute Gasteiger partial charge is 0.492 e. The lowest BCUT2D eigenvalue weighted by atomic mass is 10.1. The first-order valence-corrected chi connectivity index (χ1v) is 10.5. The second-order valence-electron chi connectivity index (χ2n) is 7.70. The number of carbonyl (C=O) groups excluding carboxylic acids is 1. The van der Waals surface area contributed by atoms with Crippen LogP contribution in [0.15, 0.2) is 66.9 Å². The van der Waals surface area contributed by atoms with Gasteiger partial charge in [0.25, 0.3) is 0 Å². The Kier molecular flexibility index (Phi) is 7.17. The summed E-state index contributed by atoms with van der Waals surface area (Å²) in [5, 5.41) is 3.02. The van der Waals surface area contributed by atoms with Gasteiger partial charge in [0.05, 0.1) is 18.8 Å². The van der Waals surface area contributed by atoms with E-state index in [0.717, 1.165) is 12.2 Å². The van der Waals surface area contributed by atoms with Crippen LogP contribution in [0, 0.1) is 6.92 Å². The number of ether oxygens (including phenoxy) is 1. The molecule has 0 unspecified atom stereocenters. The smallest absolute Gasteiger partial charge is 0.322 e. The van der Waals surface area contributed by atoms with Gasteiger partial charge < -0.3 is 19.5 Å². The number of anilines is 1. The summed E-state index contributed by atoms with van der Waals surface area (Å²) in [6, 6.07) is 20.1. The number of hydrogen-bond donors (Lipinski definition) is 1. The van der Waals surface area contributed by atoms with Gasteiger partial charge in [0, 0.05) is 24.5 Å². The van der Waals surface area contributed by atoms with Gasteiger partial charge in [-0.25, -0.2) is 4.79 Å². The van der Waals surface area contributed by atoms with E-state index in [4.69, 9.17) is 4.74 Å². The summed E-state index contributed by atoms with van der Waals surface area (Å²) in [7, 11) is 0. The van der Waals surface area contributed by atoms with Crippen molar-refractivity contribution in [3.63, 3.8) is 0 Å². The number of aromatic nitrogens is 1. The SMILES string of the molecule is CCOc1ccccc1NC(=O)N(Cc1cccn1Cc1cccc(C)c1)C(C)C. The Hall–Kier alpha value is -3.21. The van der Waals surface area contributed by atoms with Crippen molar-refractivity contribution >= 4 is 11.7 Å². The highest BCUT2D eigenvalue weighted by Crippen LogP contribution is 2.24. The minimum atomic E-state index is -0.138. The van der Waals surface area contributed by atoms with Crippen LogP contribution in [0.5, 0.6) is 5.75 Å². The first kappa shape index (κ1) is 21.5. The van der Waals surface area contributed by atoms with Crippen LogP contribution in [0.1, 0.15) is 37.6 Å². The molecule has 5 nitrogen and oxygen atoms in total. The van der Waals surface area contributed by atoms with E-state index in [1.54, 1.807) is 0 Å². The highest BCUT2D eigenvalue weighted by atomic mass is 16.5. The molecule has 1 N–H and O–H groups in total. The standard InChI is InChI=1S/C25H31N3O2/c1-5-30-24-14-7-6-13-23(24)26-25(29)28(19(2)3)18-22-12-9-15-27(22)17-21-11-8-10-20(4)16-21/h6-16,19H,5,17-18H2,1-4H3,(H,26,29). The number of amides is 2. The fourth-order valence-corrected chi connectivity index (χ4v) is 3.46. The molecule has 1 aromatic heterocycles. The number of urea groups is 1. The molecular weight excluding hydrogens is 374 g/mol. The zero-order valence-corrected chi connectivity index (χ0v) is 18.3. The Morgan fingerprint density at radius 3 is 2.63 bits per heavy atom. The van der Waals surface area contributed by atoms with Gasteiger partial charge in [0.1, 0.15) is 5.75 Å². The number of carbonyl (C=O) groups is 1. The van der Waals surface area contributed by atoms with Gasteiger partial charge in [-0.2, -0.15) is 0 Å². The van der Waals surface area contributed by atoms with Crippen molar-refractivity contribution in [1.82, 2.24) is 9.47 Å². The van der Waals surface area contributed by atoms with Crippen molar-refractivity contribution in [2.75, 3.05) is 11.9 Å². The third kappa shape index (κ3) is 5.44. The Bertz CT molecular complexity index is 978. The summed E-state index contributed by atoms with van der Waals surface area (Å²) in [6.45, 7) is 9.95. The molecule has 0 aliphatic rings. The zero-order valence-electron chi connectivity index (χ0n) is 18.3. The van der Waals surface area contributed by atoms with E-state index in [9.17, 15) is 4.79 Å². The zero-order chi connectivity index (χ0) is 21.5. The molecule has 30 heavy (non-hydrogen) atoms. The Labute approximate surface area is 179 Å². The molecule has 1 heterocycles. The van der Waals surface area contributed by atoms with Gasteiger partial charge in [0.2, 0.25) is 0 Å². The highest BCUT2D eigenvalue weighted by Gasteiger charge is 2.20. The lowest BCUT2D eigenvalue weighted by Crippen LogP contribution is -2.40. The molecule has 0 saturated carbocycles. The van der Waals surface area contributed by atoms with Crippen LogP contribution >= 0.6 is 0 Å². The van der Waals surface area contributed by atoms with Crippen molar-refractivity contribution in [2.45, 2.75) is 46.8 Å². The molecule has 0 atom stereocenters. The highest BCUT2D eigenvalue weighted by molar-refractivity contribution is 5.91. The van der Waals surface area contributed by atoms with Crippen molar-refractivity contribution in [1.29, 1.82) is 0 Å². The Morgan fingerprint density at radius 2 is 1.90 bits per heavy atom. The molecule has 0 radical (unpaired) electrons. The number of para-hydroxylation sites is 2. The summed E-state index contributed by atoms with van der Waals surface area (Å²) >= 11 is 0. The lowest BCUT2D eigenvalue weighted by molar-refractivity contribution is 0.192. The van der Waals surface area contributed by atoms with E-state index < -0.39 is 0 Å². The van der Waals surface area contributed by atoms with Crippen molar-refractivity contribution in [3.8, 4) is 5.75 Å². The molecule has 0 aliphatic carbocycles. The third-order valence-electron chi connectivity index (χ3n) is 5.00. The molecule has 5 heteroatoms. The molecule has 3 aromatic rings. The molecule has 158 valence electrons. The second kappa shape index (κ2) is 10.0. The quantitative estimate of drug-likeness (QED) is 0.524. The first-order valence-electron chi connectivity index (χ1n) is 10.5. The summed E-state index contributed by atoms with van der Waals surface area (Å²) in [5.74, 6) is 0.680. The van der Waals surface area contributed by atoms with Crippen LogP contribution in [0.2, 0.25) is 0 Å². The van der Waals surface area contributed by atoms with Crippen molar-refractivity contribution in [3.05, 3.63) is 83.7 Å². The number of aryl methyl sites for hydroxylation is 1. The predicted octanol–water partition coefficient (Wildman–Crippen LogP) is 5.69. The number of hydrogen-bond acceptors (Lipinski definition) is 2. The van der Waals surface area contributed by atoms with Crippen LogP contribution in [-0.2, 0) is 13.1 Å². The van der Waals surface area contributed by atoms with Crippen LogP contribution in [-0.4, -0.2) is 28.1 Å². The lowest BCUT2D eigenvalue weighted by Gasteiger charge is -2.28. The van der Waals surface area contributed by atoms with E-state index in [-0.39, 0.29) is 12.1 Å². The van der Waals surface area contributed by atoms with E-state index in [1.807, 2.05) is 56.0 Å². The van der Waals surface area contributed by atoms with E-state index in [1.165, 1.54) is 11.1 Å². The van der Waals surface area contributed by atoms with Crippen molar-refractivity contribution in [2.24, 2.45) is 0 Å². The van der Waals surface area contributed by atoms with E-state index >= 15 is 0 Å². The van der Waals surface area contributed by atoms with Crippen LogP contribution < -0.4 is 10.1 Å². The maximum atomic E-state index is 13.1. The topological polar surface area (TPSA) is 46.5 Å².